The Bertz CT molecular complexity index is 3130. The second kappa shape index (κ2) is 21.1. The number of nitrogens with two attached hydrogens (primary N) is 1. The topological polar surface area (TPSA) is 270 Å². The minimum absolute atomic E-state index is 0. The summed E-state index contributed by atoms with van der Waals surface area (Å²) in [5.41, 5.74) is 10.2. The fourth-order valence-electron chi connectivity index (χ4n) is 10.7. The predicted molar refractivity (Wildman–Crippen MR) is 274 cm³/mol. The van der Waals surface area contributed by atoms with E-state index < -0.39 is 35.7 Å². The Kier molecular flexibility index (Phi) is 14.6. The molecule has 2 saturated heterocycles. The Morgan fingerprint density at radius 1 is 0.658 bits per heavy atom. The van der Waals surface area contributed by atoms with Crippen LogP contribution in [0.1, 0.15) is 105 Å². The Hall–Kier alpha value is -7.24. The number of aliphatic carboxylic acids is 1. The zero-order valence-electron chi connectivity index (χ0n) is 41.2. The number of fused-ring (bicyclic) bond motifs is 2. The summed E-state index contributed by atoms with van der Waals surface area (Å²) < 4.78 is 26.6. The van der Waals surface area contributed by atoms with Crippen LogP contribution in [0.25, 0.3) is 22.1 Å². The number of carboxylic acids is 1. The number of morpholine rings is 1. The molecule has 0 radical (unpaired) electrons. The molecule has 6 N–H and O–H groups in total. The molecule has 4 amide bonds. The summed E-state index contributed by atoms with van der Waals surface area (Å²) in [7, 11) is 0. The number of benzene rings is 2. The van der Waals surface area contributed by atoms with Crippen LogP contribution in [0.15, 0.2) is 48.6 Å². The number of anilines is 2. The van der Waals surface area contributed by atoms with Crippen molar-refractivity contribution in [3.63, 3.8) is 0 Å². The summed E-state index contributed by atoms with van der Waals surface area (Å²) in [5, 5.41) is 27.7. The van der Waals surface area contributed by atoms with Crippen molar-refractivity contribution in [1.82, 2.24) is 48.9 Å². The van der Waals surface area contributed by atoms with Gasteiger partial charge in [-0.2, -0.15) is 23.7 Å². The van der Waals surface area contributed by atoms with Crippen molar-refractivity contribution in [2.24, 2.45) is 11.7 Å². The minimum atomic E-state index is -0.829. The van der Waals surface area contributed by atoms with E-state index >= 15 is 0 Å². The fraction of sp³-hybridized carbons (Fsp3) is 0.460. The van der Waals surface area contributed by atoms with Crippen LogP contribution in [0.5, 0.6) is 11.5 Å². The van der Waals surface area contributed by atoms with E-state index in [0.29, 0.717) is 108 Å². The first-order chi connectivity index (χ1) is 34.8. The highest BCUT2D eigenvalue weighted by atomic mass is 32.1. The molecule has 4 aliphatic rings. The number of carbonyl (C=O) groups is 5. The number of aryl methyl sites for hydroxylation is 4. The van der Waals surface area contributed by atoms with Crippen molar-refractivity contribution in [3.05, 3.63) is 82.5 Å². The molecule has 1 saturated carbocycles. The van der Waals surface area contributed by atoms with E-state index in [4.69, 9.17) is 29.9 Å². The van der Waals surface area contributed by atoms with Gasteiger partial charge in [0.05, 0.1) is 47.6 Å². The van der Waals surface area contributed by atoms with Crippen molar-refractivity contribution in [3.8, 4) is 11.5 Å². The molecule has 6 aromatic rings. The van der Waals surface area contributed by atoms with E-state index in [1.165, 1.54) is 0 Å². The molecule has 386 valence electrons. The molecule has 7 heterocycles. The van der Waals surface area contributed by atoms with Crippen molar-refractivity contribution in [1.29, 1.82) is 0 Å². The van der Waals surface area contributed by atoms with Gasteiger partial charge >= 0.3 is 5.97 Å². The molecule has 1 aliphatic carbocycles. The number of rotatable bonds is 11. The summed E-state index contributed by atoms with van der Waals surface area (Å²) in [6, 6.07) is 9.44. The molecule has 2 bridgehead atoms. The van der Waals surface area contributed by atoms with Crippen LogP contribution in [0.3, 0.4) is 0 Å². The third kappa shape index (κ3) is 10.1. The van der Waals surface area contributed by atoms with Gasteiger partial charge in [0.25, 0.3) is 17.7 Å². The van der Waals surface area contributed by atoms with E-state index in [0.717, 1.165) is 12.8 Å². The quantitative estimate of drug-likeness (QED) is 0.109. The second-order valence-corrected chi connectivity index (χ2v) is 19.0. The largest absolute Gasteiger partial charge is 0.490 e. The molecule has 10 rings (SSSR count). The average Bonchev–Trinajstić information content (AvgIpc) is 4.17. The molecule has 3 atom stereocenters. The number of primary amides is 1. The van der Waals surface area contributed by atoms with E-state index in [-0.39, 0.29) is 86.9 Å². The number of carboxylic acid groups (broad SMARTS) is 1. The standard InChI is InChI=1S/C50H59N13O9.H2S/c1-5-61-38(17-27(3)57-61)46(66)55-49-53-36-19-30(44(51)64)21-40-42(36)59(49)15-7-8-16-60-43-37(54-50(60)56-47(67)39-18-28(4)58-62(39)6-2)20-31(45(65)52-32-11-9-29(10-12-32)48(68)69)22-41(43)72-26-35(25-71-40)63-33-13-14-34(63)24-70-23-33;/h7-8,17-22,29,32-35H,5-6,9-16,23-26H2,1-4H3,(H2,51,64)(H,52,65)(H,68,69)(H,53,55,66)(H,54,56,67);1H2/b8-7+;/t29?,32?,33?,34?,35-;/m0./s1. The lowest BCUT2D eigenvalue weighted by atomic mass is 9.86. The lowest BCUT2D eigenvalue weighted by molar-refractivity contribution is -0.142. The lowest BCUT2D eigenvalue weighted by Crippen LogP contribution is -2.55. The van der Waals surface area contributed by atoms with Crippen molar-refractivity contribution in [2.45, 2.75) is 117 Å². The zero-order valence-corrected chi connectivity index (χ0v) is 42.2. The summed E-state index contributed by atoms with van der Waals surface area (Å²) in [6.07, 6.45) is 7.53. The van der Waals surface area contributed by atoms with Crippen molar-refractivity contribution >= 4 is 77.1 Å². The number of ether oxygens (including phenoxy) is 3. The van der Waals surface area contributed by atoms with Gasteiger partial charge < -0.3 is 39.5 Å². The number of imidazole rings is 2. The van der Waals surface area contributed by atoms with Crippen LogP contribution in [0.2, 0.25) is 0 Å². The van der Waals surface area contributed by atoms with E-state index in [1.54, 1.807) is 50.3 Å². The first-order valence-electron chi connectivity index (χ1n) is 24.7. The number of amides is 4. The number of nitrogens with zero attached hydrogens (tertiary/aromatic N) is 9. The van der Waals surface area contributed by atoms with Crippen molar-refractivity contribution < 1.29 is 43.3 Å². The van der Waals surface area contributed by atoms with Crippen LogP contribution in [-0.4, -0.2) is 129 Å². The second-order valence-electron chi connectivity index (χ2n) is 19.0. The third-order valence-corrected chi connectivity index (χ3v) is 14.2. The summed E-state index contributed by atoms with van der Waals surface area (Å²) >= 11 is 0. The molecule has 23 heteroatoms. The summed E-state index contributed by atoms with van der Waals surface area (Å²) in [5.74, 6) is -2.16. The molecule has 73 heavy (non-hydrogen) atoms. The van der Waals surface area contributed by atoms with Crippen LogP contribution in [-0.2, 0) is 35.7 Å². The molecular weight excluding hydrogens is 959 g/mol. The smallest absolute Gasteiger partial charge is 0.306 e. The van der Waals surface area contributed by atoms with E-state index in [1.807, 2.05) is 44.4 Å². The van der Waals surface area contributed by atoms with Gasteiger partial charge in [-0.15, -0.1) is 0 Å². The van der Waals surface area contributed by atoms with E-state index in [2.05, 4.69) is 31.0 Å². The Balaban J connectivity index is 0.00000656. The highest BCUT2D eigenvalue weighted by Crippen LogP contribution is 2.37. The van der Waals surface area contributed by atoms with Crippen LogP contribution >= 0.6 is 13.5 Å². The molecule has 22 nitrogen and oxygen atoms in total. The number of nitrogens with one attached hydrogen (secondary N) is 3. The van der Waals surface area contributed by atoms with Crippen LogP contribution < -0.4 is 31.2 Å². The molecule has 3 aliphatic heterocycles. The monoisotopic (exact) mass is 1020 g/mol. The lowest BCUT2D eigenvalue weighted by Gasteiger charge is -2.40. The van der Waals surface area contributed by atoms with Gasteiger partial charge in [-0.05, 0) is 103 Å². The number of aromatic nitrogens is 8. The summed E-state index contributed by atoms with van der Waals surface area (Å²) in [4.78, 5) is 79.2. The zero-order chi connectivity index (χ0) is 50.4. The van der Waals surface area contributed by atoms with Crippen LogP contribution in [0.4, 0.5) is 11.9 Å². The van der Waals surface area contributed by atoms with Gasteiger partial charge in [0.2, 0.25) is 17.8 Å². The Morgan fingerprint density at radius 2 is 1.15 bits per heavy atom. The molecule has 0 spiro atoms. The number of hydrogen-bond donors (Lipinski definition) is 5. The van der Waals surface area contributed by atoms with Gasteiger partial charge in [0.15, 0.2) is 0 Å². The highest BCUT2D eigenvalue weighted by molar-refractivity contribution is 7.59. The maximum atomic E-state index is 14.2. The summed E-state index contributed by atoms with van der Waals surface area (Å²) in [6.45, 7) is 9.86. The molecule has 3 fully saturated rings. The highest BCUT2D eigenvalue weighted by Gasteiger charge is 2.42. The molecule has 2 unspecified atom stereocenters. The van der Waals surface area contributed by atoms with Gasteiger partial charge in [-0.25, -0.2) is 9.97 Å². The van der Waals surface area contributed by atoms with Gasteiger partial charge in [-0.1, -0.05) is 12.2 Å². The molecule has 4 aromatic heterocycles. The fourth-order valence-corrected chi connectivity index (χ4v) is 10.7. The number of hydrogen-bond acceptors (Lipinski definition) is 13. The maximum absolute atomic E-state index is 14.2. The van der Waals surface area contributed by atoms with Crippen LogP contribution in [0, 0.1) is 19.8 Å². The normalized spacial score (nSPS) is 21.5. The Morgan fingerprint density at radius 3 is 1.63 bits per heavy atom. The Labute approximate surface area is 427 Å². The SMILES string of the molecule is CCn1nc(C)cc1C(=O)Nc1nc2cc(C(N)=O)cc3c2n1C/C=C/Cn1c(NC(=O)c2cc(C)nn2CC)nc2cc(C(=O)NC4CCC(C(=O)O)CC4)cc(c21)OC[C@@H](N1C2CCC1COC2)CO3.S. The predicted octanol–water partition coefficient (Wildman–Crippen LogP) is 4.78. The van der Waals surface area contributed by atoms with Gasteiger partial charge in [-0.3, -0.25) is 48.9 Å². The third-order valence-electron chi connectivity index (χ3n) is 14.2. The first kappa shape index (κ1) is 50.7. The maximum Gasteiger partial charge on any atom is 0.306 e. The average molecular weight is 1020 g/mol. The minimum Gasteiger partial charge on any atom is -0.490 e. The molecule has 2 aromatic carbocycles. The van der Waals surface area contributed by atoms with Gasteiger partial charge in [0, 0.05) is 55.4 Å². The van der Waals surface area contributed by atoms with Crippen molar-refractivity contribution in [2.75, 3.05) is 37.1 Å². The number of allylic oxidation sites excluding steroid dienone is 2. The number of carbonyl (C=O) groups excluding carboxylic acids is 4. The first-order valence-corrected chi connectivity index (χ1v) is 24.7. The molecular formula is C50H61N13O9S. The van der Waals surface area contributed by atoms with Gasteiger partial charge in [0.1, 0.15) is 47.1 Å². The van der Waals surface area contributed by atoms with E-state index in [9.17, 15) is 29.1 Å².